The molecular weight excluding hydrogens is 184 g/mol. The first-order valence-electron chi connectivity index (χ1n) is 4.12. The third-order valence-corrected chi connectivity index (χ3v) is 1.86. The fourth-order valence-electron chi connectivity index (χ4n) is 1.24. The van der Waals surface area contributed by atoms with E-state index in [9.17, 15) is 8.78 Å². The van der Waals surface area contributed by atoms with Gasteiger partial charge in [-0.15, -0.1) is 0 Å². The van der Waals surface area contributed by atoms with Gasteiger partial charge in [0.2, 0.25) is 0 Å². The number of aromatic nitrogens is 1. The largest absolute Gasteiger partial charge is 0.261 e. The first-order valence-corrected chi connectivity index (χ1v) is 4.12. The van der Waals surface area contributed by atoms with Gasteiger partial charge < -0.3 is 0 Å². The average molecular weight is 191 g/mol. The predicted molar refractivity (Wildman–Crippen MR) is 49.6 cm³/mol. The lowest BCUT2D eigenvalue weighted by molar-refractivity contribution is 0.621. The van der Waals surface area contributed by atoms with E-state index < -0.39 is 5.82 Å². The van der Waals surface area contributed by atoms with E-state index in [2.05, 4.69) is 4.98 Å². The van der Waals surface area contributed by atoms with Gasteiger partial charge in [0.15, 0.2) is 0 Å². The van der Waals surface area contributed by atoms with Crippen LogP contribution in [0.15, 0.2) is 42.7 Å². The normalized spacial score (nSPS) is 10.1. The van der Waals surface area contributed by atoms with Gasteiger partial charge in [-0.25, -0.2) is 8.78 Å². The zero-order valence-corrected chi connectivity index (χ0v) is 7.24. The number of halogens is 2. The van der Waals surface area contributed by atoms with Crippen molar-refractivity contribution in [1.29, 1.82) is 0 Å². The number of rotatable bonds is 1. The molecule has 0 bridgehead atoms. The second-order valence-corrected chi connectivity index (χ2v) is 2.90. The third kappa shape index (κ3) is 1.76. The maximum absolute atomic E-state index is 12.8. The molecular formula is C11H7F2N. The molecule has 1 aromatic heterocycles. The van der Waals surface area contributed by atoms with Gasteiger partial charge in [0.05, 0.1) is 6.20 Å². The standard InChI is InChI=1S/C11H7F2N/c12-10-3-1-2-8(4-10)9-5-11(13)7-14-6-9/h1-7H. The van der Waals surface area contributed by atoms with E-state index >= 15 is 0 Å². The fraction of sp³-hybridized carbons (Fsp3) is 0. The summed E-state index contributed by atoms with van der Waals surface area (Å²) in [6, 6.07) is 7.30. The Morgan fingerprint density at radius 1 is 0.857 bits per heavy atom. The highest BCUT2D eigenvalue weighted by Gasteiger charge is 2.00. The van der Waals surface area contributed by atoms with Crippen molar-refractivity contribution in [2.24, 2.45) is 0 Å². The van der Waals surface area contributed by atoms with Crippen LogP contribution in [0.25, 0.3) is 11.1 Å². The molecule has 1 aromatic carbocycles. The Bertz CT molecular complexity index is 411. The quantitative estimate of drug-likeness (QED) is 0.675. The second-order valence-electron chi connectivity index (χ2n) is 2.90. The van der Waals surface area contributed by atoms with Crippen LogP contribution in [-0.4, -0.2) is 4.98 Å². The van der Waals surface area contributed by atoms with Crippen molar-refractivity contribution in [2.75, 3.05) is 0 Å². The van der Waals surface area contributed by atoms with Crippen molar-refractivity contribution < 1.29 is 8.78 Å². The van der Waals surface area contributed by atoms with Crippen LogP contribution in [0.3, 0.4) is 0 Å². The zero-order chi connectivity index (χ0) is 9.97. The Morgan fingerprint density at radius 3 is 2.36 bits per heavy atom. The molecule has 0 N–H and O–H groups in total. The predicted octanol–water partition coefficient (Wildman–Crippen LogP) is 3.03. The molecule has 70 valence electrons. The molecule has 0 saturated heterocycles. The highest BCUT2D eigenvalue weighted by Crippen LogP contribution is 2.19. The van der Waals surface area contributed by atoms with Crippen molar-refractivity contribution >= 4 is 0 Å². The minimum absolute atomic E-state index is 0.341. The molecule has 0 spiro atoms. The Kier molecular flexibility index (Phi) is 2.23. The SMILES string of the molecule is Fc1cccc(-c2cncc(F)c2)c1. The molecule has 0 atom stereocenters. The van der Waals surface area contributed by atoms with Crippen LogP contribution in [0.1, 0.15) is 0 Å². The fourth-order valence-corrected chi connectivity index (χ4v) is 1.24. The average Bonchev–Trinajstić information content (AvgIpc) is 2.18. The molecule has 0 aliphatic carbocycles. The maximum Gasteiger partial charge on any atom is 0.142 e. The highest BCUT2D eigenvalue weighted by molar-refractivity contribution is 5.62. The van der Waals surface area contributed by atoms with Gasteiger partial charge in [-0.05, 0) is 23.8 Å². The van der Waals surface area contributed by atoms with Crippen molar-refractivity contribution in [3.8, 4) is 11.1 Å². The maximum atomic E-state index is 12.8. The first kappa shape index (κ1) is 8.81. The summed E-state index contributed by atoms with van der Waals surface area (Å²) in [6.07, 6.45) is 2.61. The van der Waals surface area contributed by atoms with Gasteiger partial charge in [0, 0.05) is 11.8 Å². The Balaban J connectivity index is 2.49. The van der Waals surface area contributed by atoms with Gasteiger partial charge in [-0.3, -0.25) is 4.98 Å². The number of pyridine rings is 1. The number of benzene rings is 1. The molecule has 0 saturated carbocycles. The summed E-state index contributed by atoms with van der Waals surface area (Å²) in [5, 5.41) is 0. The van der Waals surface area contributed by atoms with Crippen LogP contribution < -0.4 is 0 Å². The molecule has 0 fully saturated rings. The Hall–Kier alpha value is -1.77. The van der Waals surface area contributed by atoms with Crippen molar-refractivity contribution in [1.82, 2.24) is 4.98 Å². The topological polar surface area (TPSA) is 12.9 Å². The molecule has 0 unspecified atom stereocenters. The number of hydrogen-bond acceptors (Lipinski definition) is 1. The first-order chi connectivity index (χ1) is 6.75. The van der Waals surface area contributed by atoms with Gasteiger partial charge in [0.25, 0.3) is 0 Å². The summed E-state index contributed by atoms with van der Waals surface area (Å²) in [7, 11) is 0. The van der Waals surface area contributed by atoms with Crippen LogP contribution in [-0.2, 0) is 0 Å². The minimum atomic E-state index is -0.424. The monoisotopic (exact) mass is 191 g/mol. The van der Waals surface area contributed by atoms with Crippen LogP contribution in [0.4, 0.5) is 8.78 Å². The number of nitrogens with zero attached hydrogens (tertiary/aromatic N) is 1. The third-order valence-electron chi connectivity index (χ3n) is 1.86. The molecule has 2 rings (SSSR count). The van der Waals surface area contributed by atoms with Crippen LogP contribution >= 0.6 is 0 Å². The van der Waals surface area contributed by atoms with E-state index in [-0.39, 0.29) is 5.82 Å². The molecule has 1 nitrogen and oxygen atoms in total. The highest BCUT2D eigenvalue weighted by atomic mass is 19.1. The second kappa shape index (κ2) is 3.54. The van der Waals surface area contributed by atoms with Crippen LogP contribution in [0.2, 0.25) is 0 Å². The molecule has 0 amide bonds. The molecule has 0 aliphatic heterocycles. The summed E-state index contributed by atoms with van der Waals surface area (Å²) in [5.74, 6) is -0.765. The molecule has 2 aromatic rings. The molecule has 0 aliphatic rings. The van der Waals surface area contributed by atoms with Crippen molar-refractivity contribution in [2.45, 2.75) is 0 Å². The van der Waals surface area contributed by atoms with E-state index in [0.717, 1.165) is 6.20 Å². The van der Waals surface area contributed by atoms with Gasteiger partial charge in [-0.1, -0.05) is 12.1 Å². The van der Waals surface area contributed by atoms with Gasteiger partial charge in [0.1, 0.15) is 11.6 Å². The lowest BCUT2D eigenvalue weighted by atomic mass is 10.1. The van der Waals surface area contributed by atoms with E-state index in [1.165, 1.54) is 24.4 Å². The minimum Gasteiger partial charge on any atom is -0.261 e. The summed E-state index contributed by atoms with van der Waals surface area (Å²) in [6.45, 7) is 0. The summed E-state index contributed by atoms with van der Waals surface area (Å²) in [5.41, 5.74) is 1.20. The van der Waals surface area contributed by atoms with Gasteiger partial charge >= 0.3 is 0 Å². The van der Waals surface area contributed by atoms with E-state index in [0.29, 0.717) is 11.1 Å². The summed E-state index contributed by atoms with van der Waals surface area (Å²) in [4.78, 5) is 3.69. The zero-order valence-electron chi connectivity index (χ0n) is 7.24. The van der Waals surface area contributed by atoms with E-state index in [1.54, 1.807) is 12.1 Å². The van der Waals surface area contributed by atoms with E-state index in [4.69, 9.17) is 0 Å². The Morgan fingerprint density at radius 2 is 1.64 bits per heavy atom. The lowest BCUT2D eigenvalue weighted by Gasteiger charge is -2.00. The smallest absolute Gasteiger partial charge is 0.142 e. The molecule has 1 heterocycles. The van der Waals surface area contributed by atoms with Crippen molar-refractivity contribution in [3.05, 3.63) is 54.4 Å². The van der Waals surface area contributed by atoms with Gasteiger partial charge in [-0.2, -0.15) is 0 Å². The van der Waals surface area contributed by atoms with E-state index in [1.807, 2.05) is 0 Å². The molecule has 0 radical (unpaired) electrons. The number of hydrogen-bond donors (Lipinski definition) is 0. The molecule has 14 heavy (non-hydrogen) atoms. The molecule has 3 heteroatoms. The summed E-state index contributed by atoms with van der Waals surface area (Å²) >= 11 is 0. The summed E-state index contributed by atoms with van der Waals surface area (Å²) < 4.78 is 25.6. The Labute approximate surface area is 80.0 Å². The van der Waals surface area contributed by atoms with Crippen molar-refractivity contribution in [3.63, 3.8) is 0 Å². The lowest BCUT2D eigenvalue weighted by Crippen LogP contribution is -1.83. The van der Waals surface area contributed by atoms with Crippen LogP contribution in [0, 0.1) is 11.6 Å². The van der Waals surface area contributed by atoms with Crippen LogP contribution in [0.5, 0.6) is 0 Å².